The number of nitrogens with one attached hydrogen (secondary N) is 1. The van der Waals surface area contributed by atoms with Crippen LogP contribution in [0.5, 0.6) is 0 Å². The minimum absolute atomic E-state index is 0.142. The van der Waals surface area contributed by atoms with E-state index in [1.54, 1.807) is 29.2 Å². The molecule has 3 N–H and O–H groups in total. The maximum atomic E-state index is 13.1. The number of carbonyl (C=O) groups excluding carboxylic acids is 2. The monoisotopic (exact) mass is 423 g/mol. The summed E-state index contributed by atoms with van der Waals surface area (Å²) in [6.45, 7) is 6.44. The van der Waals surface area contributed by atoms with Gasteiger partial charge in [-0.25, -0.2) is 9.97 Å². The van der Waals surface area contributed by atoms with Crippen LogP contribution in [0, 0.1) is 19.8 Å². The van der Waals surface area contributed by atoms with E-state index in [1.807, 2.05) is 19.1 Å². The van der Waals surface area contributed by atoms with Crippen LogP contribution in [0.4, 0.5) is 11.5 Å². The Bertz CT molecular complexity index is 1130. The third kappa shape index (κ3) is 4.00. The Kier molecular flexibility index (Phi) is 5.42. The second-order valence-corrected chi connectivity index (χ2v) is 9.23. The molecule has 3 aromatic rings. The molecule has 0 aliphatic carbocycles. The number of anilines is 2. The van der Waals surface area contributed by atoms with Crippen molar-refractivity contribution in [1.29, 1.82) is 0 Å². The predicted molar refractivity (Wildman–Crippen MR) is 119 cm³/mol. The molecule has 0 spiro atoms. The van der Waals surface area contributed by atoms with Gasteiger partial charge in [0.25, 0.3) is 0 Å². The van der Waals surface area contributed by atoms with Crippen LogP contribution in [-0.4, -0.2) is 33.2 Å². The zero-order chi connectivity index (χ0) is 21.4. The smallest absolute Gasteiger partial charge is 0.313 e. The van der Waals surface area contributed by atoms with E-state index in [-0.39, 0.29) is 6.04 Å². The average molecular weight is 424 g/mol. The second kappa shape index (κ2) is 8.02. The van der Waals surface area contributed by atoms with Crippen molar-refractivity contribution in [2.75, 3.05) is 17.6 Å². The number of carbonyl (C=O) groups is 2. The summed E-state index contributed by atoms with van der Waals surface area (Å²) in [5.74, 6) is -0.457. The number of nitrogen functional groups attached to an aromatic ring is 1. The fraction of sp³-hybridized carbons (Fsp3) is 0.364. The van der Waals surface area contributed by atoms with Gasteiger partial charge in [0.05, 0.1) is 33.2 Å². The van der Waals surface area contributed by atoms with Crippen molar-refractivity contribution in [1.82, 2.24) is 14.9 Å². The summed E-state index contributed by atoms with van der Waals surface area (Å²) in [5.41, 5.74) is 8.90. The van der Waals surface area contributed by atoms with Crippen molar-refractivity contribution in [3.8, 4) is 0 Å². The Hall–Kier alpha value is -3.00. The van der Waals surface area contributed by atoms with Crippen LogP contribution in [-0.2, 0) is 9.59 Å². The number of benzene rings is 1. The number of thiazole rings is 1. The van der Waals surface area contributed by atoms with Gasteiger partial charge >= 0.3 is 11.8 Å². The summed E-state index contributed by atoms with van der Waals surface area (Å²) >= 11 is 1.65. The van der Waals surface area contributed by atoms with Gasteiger partial charge in [0.1, 0.15) is 5.82 Å². The lowest BCUT2D eigenvalue weighted by atomic mass is 9.89. The highest BCUT2D eigenvalue weighted by molar-refractivity contribution is 7.18. The number of aromatic nitrogens is 2. The number of fused-ring (bicyclic) bond motifs is 1. The van der Waals surface area contributed by atoms with Gasteiger partial charge in [-0.15, -0.1) is 11.3 Å². The molecule has 3 heterocycles. The zero-order valence-corrected chi connectivity index (χ0v) is 18.1. The van der Waals surface area contributed by atoms with Gasteiger partial charge in [0, 0.05) is 6.54 Å². The van der Waals surface area contributed by atoms with Crippen molar-refractivity contribution in [3.05, 3.63) is 46.6 Å². The van der Waals surface area contributed by atoms with Crippen molar-refractivity contribution in [2.24, 2.45) is 5.92 Å². The zero-order valence-electron chi connectivity index (χ0n) is 17.3. The molecular weight excluding hydrogens is 398 g/mol. The highest BCUT2D eigenvalue weighted by Crippen LogP contribution is 2.35. The Morgan fingerprint density at radius 3 is 2.80 bits per heavy atom. The Morgan fingerprint density at radius 1 is 1.23 bits per heavy atom. The Morgan fingerprint density at radius 2 is 2.03 bits per heavy atom. The molecule has 1 aromatic carbocycles. The molecule has 2 amide bonds. The van der Waals surface area contributed by atoms with E-state index in [1.165, 1.54) is 6.20 Å². The van der Waals surface area contributed by atoms with Crippen LogP contribution in [0.15, 0.2) is 30.5 Å². The molecule has 2 atom stereocenters. The number of hydrogen-bond acceptors (Lipinski definition) is 6. The largest absolute Gasteiger partial charge is 0.383 e. The molecule has 2 aromatic heterocycles. The molecule has 0 saturated carbocycles. The van der Waals surface area contributed by atoms with Crippen LogP contribution >= 0.6 is 11.3 Å². The van der Waals surface area contributed by atoms with E-state index < -0.39 is 11.8 Å². The molecule has 30 heavy (non-hydrogen) atoms. The number of amides is 2. The van der Waals surface area contributed by atoms with E-state index in [0.717, 1.165) is 39.2 Å². The number of pyridine rings is 1. The molecule has 4 rings (SSSR count). The standard InChI is InChI=1S/C22H25N5O2S/c1-12-4-6-18(15-5-7-19-17(9-15)25-14(3)30-19)27(11-12)22(29)21(28)26-16-8-13(2)20(23)24-10-16/h5,7-10,12,18H,4,6,11H2,1-3H3,(H2,23,24)(H,26,28)/t12-,18?/m0/s1. The number of hydrogen-bond donors (Lipinski definition) is 2. The maximum absolute atomic E-state index is 13.1. The number of aryl methyl sites for hydroxylation is 2. The first-order valence-corrected chi connectivity index (χ1v) is 10.8. The van der Waals surface area contributed by atoms with E-state index in [2.05, 4.69) is 28.3 Å². The lowest BCUT2D eigenvalue weighted by Gasteiger charge is -2.38. The fourth-order valence-corrected chi connectivity index (χ4v) is 4.77. The number of nitrogens with zero attached hydrogens (tertiary/aromatic N) is 3. The topological polar surface area (TPSA) is 101 Å². The van der Waals surface area contributed by atoms with Gasteiger partial charge < -0.3 is 16.0 Å². The molecule has 1 unspecified atom stereocenters. The normalized spacial score (nSPS) is 19.1. The molecule has 1 aliphatic rings. The number of rotatable bonds is 2. The van der Waals surface area contributed by atoms with E-state index in [9.17, 15) is 9.59 Å². The molecule has 1 fully saturated rings. The summed E-state index contributed by atoms with van der Waals surface area (Å²) in [5, 5.41) is 3.68. The Labute approximate surface area is 179 Å². The molecule has 7 nitrogen and oxygen atoms in total. The van der Waals surface area contributed by atoms with Gasteiger partial charge in [-0.2, -0.15) is 0 Å². The molecular formula is C22H25N5O2S. The summed E-state index contributed by atoms with van der Waals surface area (Å²) in [4.78, 5) is 36.2. The fourth-order valence-electron chi connectivity index (χ4n) is 3.96. The first kappa shape index (κ1) is 20.3. The van der Waals surface area contributed by atoms with Gasteiger partial charge in [0.15, 0.2) is 0 Å². The van der Waals surface area contributed by atoms with Crippen LogP contribution in [0.25, 0.3) is 10.2 Å². The second-order valence-electron chi connectivity index (χ2n) is 8.00. The molecule has 8 heteroatoms. The summed E-state index contributed by atoms with van der Waals surface area (Å²) in [6.07, 6.45) is 3.28. The maximum Gasteiger partial charge on any atom is 0.313 e. The quantitative estimate of drug-likeness (QED) is 0.610. The predicted octanol–water partition coefficient (Wildman–Crippen LogP) is 3.83. The van der Waals surface area contributed by atoms with Crippen LogP contribution in [0.1, 0.15) is 41.9 Å². The van der Waals surface area contributed by atoms with E-state index in [0.29, 0.717) is 24.0 Å². The SMILES string of the molecule is Cc1nc2cc(C3CC[C@H](C)CN3C(=O)C(=O)Nc3cnc(N)c(C)c3)ccc2s1. The minimum Gasteiger partial charge on any atom is -0.383 e. The van der Waals surface area contributed by atoms with E-state index in [4.69, 9.17) is 5.73 Å². The van der Waals surface area contributed by atoms with Crippen molar-refractivity contribution >= 4 is 44.9 Å². The molecule has 1 saturated heterocycles. The summed E-state index contributed by atoms with van der Waals surface area (Å²) in [7, 11) is 0. The number of piperidine rings is 1. The highest BCUT2D eigenvalue weighted by Gasteiger charge is 2.34. The van der Waals surface area contributed by atoms with Gasteiger partial charge in [-0.3, -0.25) is 9.59 Å². The lowest BCUT2D eigenvalue weighted by Crippen LogP contribution is -2.46. The summed E-state index contributed by atoms with van der Waals surface area (Å²) in [6, 6.07) is 7.72. The number of likely N-dealkylation sites (tertiary alicyclic amines) is 1. The van der Waals surface area contributed by atoms with Crippen LogP contribution in [0.2, 0.25) is 0 Å². The van der Waals surface area contributed by atoms with Crippen molar-refractivity contribution in [3.63, 3.8) is 0 Å². The van der Waals surface area contributed by atoms with Crippen LogP contribution in [0.3, 0.4) is 0 Å². The third-order valence-electron chi connectivity index (χ3n) is 5.55. The first-order valence-electron chi connectivity index (χ1n) is 10.0. The third-order valence-corrected chi connectivity index (χ3v) is 6.50. The minimum atomic E-state index is -0.661. The molecule has 0 radical (unpaired) electrons. The molecule has 0 bridgehead atoms. The molecule has 156 valence electrons. The van der Waals surface area contributed by atoms with E-state index >= 15 is 0 Å². The average Bonchev–Trinajstić information content (AvgIpc) is 3.09. The lowest BCUT2D eigenvalue weighted by molar-refractivity contribution is -0.146. The highest BCUT2D eigenvalue weighted by atomic mass is 32.1. The van der Waals surface area contributed by atoms with Crippen LogP contribution < -0.4 is 11.1 Å². The molecule has 1 aliphatic heterocycles. The van der Waals surface area contributed by atoms with Gasteiger partial charge in [-0.1, -0.05) is 13.0 Å². The van der Waals surface area contributed by atoms with Gasteiger partial charge in [-0.05, 0) is 61.9 Å². The van der Waals surface area contributed by atoms with Crippen molar-refractivity contribution < 1.29 is 9.59 Å². The first-order chi connectivity index (χ1) is 14.3. The van der Waals surface area contributed by atoms with Crippen molar-refractivity contribution in [2.45, 2.75) is 39.7 Å². The van der Waals surface area contributed by atoms with Gasteiger partial charge in [0.2, 0.25) is 0 Å². The summed E-state index contributed by atoms with van der Waals surface area (Å²) < 4.78 is 1.13. The Balaban J connectivity index is 1.58. The number of nitrogens with two attached hydrogens (primary N) is 1.